The summed E-state index contributed by atoms with van der Waals surface area (Å²) in [7, 11) is 0. The molecule has 0 amide bonds. The van der Waals surface area contributed by atoms with Crippen LogP contribution >= 0.6 is 0 Å². The number of hydrogen-bond donors (Lipinski definition) is 1. The van der Waals surface area contributed by atoms with Gasteiger partial charge in [-0.05, 0) is 36.8 Å². The summed E-state index contributed by atoms with van der Waals surface area (Å²) in [5.74, 6) is -1.02. The van der Waals surface area contributed by atoms with E-state index >= 15 is 0 Å². The fraction of sp³-hybridized carbons (Fsp3) is 0.105. The van der Waals surface area contributed by atoms with E-state index < -0.39 is 17.5 Å². The molecule has 0 aliphatic heterocycles. The standard InChI is InChI=1S/C19H15FN2O3/c1-2-25-18(23)15-16(12-6-4-3-5-7-12)21-19(24)22-17(15)13-8-10-14(20)11-9-13/h3-11H,2H2,1H3,(H,21,22,24). The number of aromatic nitrogens is 2. The van der Waals surface area contributed by atoms with Crippen LogP contribution in [-0.4, -0.2) is 22.5 Å². The van der Waals surface area contributed by atoms with Gasteiger partial charge in [0.05, 0.1) is 18.0 Å². The number of ether oxygens (including phenoxy) is 1. The van der Waals surface area contributed by atoms with E-state index in [9.17, 15) is 14.0 Å². The van der Waals surface area contributed by atoms with Crippen molar-refractivity contribution in [2.45, 2.75) is 6.92 Å². The average Bonchev–Trinajstić information content (AvgIpc) is 2.62. The molecule has 0 fully saturated rings. The topological polar surface area (TPSA) is 72.0 Å². The number of nitrogens with zero attached hydrogens (tertiary/aromatic N) is 1. The highest BCUT2D eigenvalue weighted by molar-refractivity contribution is 6.01. The number of esters is 1. The number of carbonyl (C=O) groups is 1. The van der Waals surface area contributed by atoms with Crippen LogP contribution in [0.3, 0.4) is 0 Å². The Balaban J connectivity index is 2.30. The number of nitrogens with one attached hydrogen (secondary N) is 1. The van der Waals surface area contributed by atoms with Crippen LogP contribution in [0.1, 0.15) is 17.3 Å². The van der Waals surface area contributed by atoms with Gasteiger partial charge in [0.1, 0.15) is 11.4 Å². The van der Waals surface area contributed by atoms with Crippen LogP contribution in [0.25, 0.3) is 22.5 Å². The summed E-state index contributed by atoms with van der Waals surface area (Å²) in [6.07, 6.45) is 0. The Kier molecular flexibility index (Phi) is 4.70. The monoisotopic (exact) mass is 338 g/mol. The molecule has 1 aromatic heterocycles. The van der Waals surface area contributed by atoms with Crippen molar-refractivity contribution < 1.29 is 13.9 Å². The second kappa shape index (κ2) is 7.09. The Morgan fingerprint density at radius 2 is 1.76 bits per heavy atom. The zero-order valence-corrected chi connectivity index (χ0v) is 13.5. The van der Waals surface area contributed by atoms with E-state index in [-0.39, 0.29) is 23.6 Å². The summed E-state index contributed by atoms with van der Waals surface area (Å²) in [4.78, 5) is 31.2. The minimum atomic E-state index is -0.607. The largest absolute Gasteiger partial charge is 0.462 e. The number of H-pyrrole nitrogens is 1. The number of hydrogen-bond acceptors (Lipinski definition) is 4. The van der Waals surface area contributed by atoms with E-state index in [0.29, 0.717) is 11.1 Å². The normalized spacial score (nSPS) is 10.5. The van der Waals surface area contributed by atoms with Gasteiger partial charge in [0, 0.05) is 5.56 Å². The first-order chi connectivity index (χ1) is 12.1. The molecule has 1 heterocycles. The minimum absolute atomic E-state index is 0.138. The van der Waals surface area contributed by atoms with Crippen molar-refractivity contribution >= 4 is 5.97 Å². The van der Waals surface area contributed by atoms with Gasteiger partial charge in [-0.15, -0.1) is 0 Å². The first-order valence-electron chi connectivity index (χ1n) is 7.73. The summed E-state index contributed by atoms with van der Waals surface area (Å²) in [5.41, 5.74) is 1.10. The zero-order chi connectivity index (χ0) is 17.8. The van der Waals surface area contributed by atoms with Crippen molar-refractivity contribution in [2.75, 3.05) is 6.61 Å². The smallest absolute Gasteiger partial charge is 0.346 e. The van der Waals surface area contributed by atoms with Crippen molar-refractivity contribution in [3.63, 3.8) is 0 Å². The van der Waals surface area contributed by atoms with Crippen LogP contribution in [0.15, 0.2) is 59.4 Å². The summed E-state index contributed by atoms with van der Waals surface area (Å²) in [6, 6.07) is 14.4. The molecule has 0 radical (unpaired) electrons. The molecule has 25 heavy (non-hydrogen) atoms. The van der Waals surface area contributed by atoms with E-state index in [1.54, 1.807) is 31.2 Å². The van der Waals surface area contributed by atoms with Gasteiger partial charge in [-0.25, -0.2) is 14.0 Å². The van der Waals surface area contributed by atoms with Gasteiger partial charge in [-0.1, -0.05) is 30.3 Å². The Bertz CT molecular complexity index is 951. The molecule has 0 aliphatic rings. The molecule has 0 bridgehead atoms. The second-order valence-corrected chi connectivity index (χ2v) is 5.23. The van der Waals surface area contributed by atoms with E-state index in [4.69, 9.17) is 4.74 Å². The van der Waals surface area contributed by atoms with Gasteiger partial charge in [0.2, 0.25) is 0 Å². The summed E-state index contributed by atoms with van der Waals surface area (Å²) in [5, 5.41) is 0. The van der Waals surface area contributed by atoms with Gasteiger partial charge in [-0.2, -0.15) is 4.98 Å². The van der Waals surface area contributed by atoms with Crippen LogP contribution in [0.5, 0.6) is 0 Å². The third-order valence-corrected chi connectivity index (χ3v) is 3.59. The lowest BCUT2D eigenvalue weighted by molar-refractivity contribution is 0.0527. The summed E-state index contributed by atoms with van der Waals surface area (Å²) >= 11 is 0. The average molecular weight is 338 g/mol. The molecule has 0 atom stereocenters. The van der Waals surface area contributed by atoms with Gasteiger partial charge in [0.25, 0.3) is 0 Å². The Labute approximate surface area is 143 Å². The third-order valence-electron chi connectivity index (χ3n) is 3.59. The molecule has 1 N–H and O–H groups in total. The molecule has 0 saturated carbocycles. The molecule has 2 aromatic carbocycles. The Morgan fingerprint density at radius 3 is 2.40 bits per heavy atom. The maximum atomic E-state index is 13.2. The molecular formula is C19H15FN2O3. The number of rotatable bonds is 4. The lowest BCUT2D eigenvalue weighted by atomic mass is 10.00. The highest BCUT2D eigenvalue weighted by Gasteiger charge is 2.23. The van der Waals surface area contributed by atoms with Crippen LogP contribution in [0.4, 0.5) is 4.39 Å². The lowest BCUT2D eigenvalue weighted by Crippen LogP contribution is -2.19. The van der Waals surface area contributed by atoms with E-state index in [0.717, 1.165) is 0 Å². The summed E-state index contributed by atoms with van der Waals surface area (Å²) in [6.45, 7) is 1.87. The number of aromatic amines is 1. The molecule has 5 nitrogen and oxygen atoms in total. The first kappa shape index (κ1) is 16.6. The highest BCUT2D eigenvalue weighted by Crippen LogP contribution is 2.29. The Morgan fingerprint density at radius 1 is 1.08 bits per heavy atom. The summed E-state index contributed by atoms with van der Waals surface area (Å²) < 4.78 is 18.4. The van der Waals surface area contributed by atoms with E-state index in [2.05, 4.69) is 9.97 Å². The maximum Gasteiger partial charge on any atom is 0.346 e. The quantitative estimate of drug-likeness (QED) is 0.740. The fourth-order valence-electron chi connectivity index (χ4n) is 2.51. The zero-order valence-electron chi connectivity index (χ0n) is 13.5. The van der Waals surface area contributed by atoms with Crippen LogP contribution in [-0.2, 0) is 4.74 Å². The fourth-order valence-corrected chi connectivity index (χ4v) is 2.51. The van der Waals surface area contributed by atoms with Crippen molar-refractivity contribution in [2.24, 2.45) is 0 Å². The number of halogens is 1. The predicted octanol–water partition coefficient (Wildman–Crippen LogP) is 3.42. The molecular weight excluding hydrogens is 323 g/mol. The van der Waals surface area contributed by atoms with E-state index in [1.807, 2.05) is 6.07 Å². The van der Waals surface area contributed by atoms with Gasteiger partial charge < -0.3 is 9.72 Å². The van der Waals surface area contributed by atoms with Crippen molar-refractivity contribution in [3.05, 3.63) is 76.5 Å². The molecule has 0 saturated heterocycles. The molecule has 3 aromatic rings. The first-order valence-corrected chi connectivity index (χ1v) is 7.73. The molecule has 0 aliphatic carbocycles. The molecule has 3 rings (SSSR count). The van der Waals surface area contributed by atoms with Gasteiger partial charge in [0.15, 0.2) is 0 Å². The van der Waals surface area contributed by atoms with Crippen LogP contribution in [0, 0.1) is 5.82 Å². The number of benzene rings is 2. The molecule has 6 heteroatoms. The molecule has 0 unspecified atom stereocenters. The third kappa shape index (κ3) is 3.47. The molecule has 126 valence electrons. The maximum absolute atomic E-state index is 13.2. The Hall–Kier alpha value is -3.28. The van der Waals surface area contributed by atoms with Crippen molar-refractivity contribution in [1.82, 2.24) is 9.97 Å². The predicted molar refractivity (Wildman–Crippen MR) is 91.6 cm³/mol. The van der Waals surface area contributed by atoms with Crippen molar-refractivity contribution in [1.29, 1.82) is 0 Å². The highest BCUT2D eigenvalue weighted by atomic mass is 19.1. The minimum Gasteiger partial charge on any atom is -0.462 e. The van der Waals surface area contributed by atoms with Gasteiger partial charge >= 0.3 is 11.7 Å². The molecule has 0 spiro atoms. The lowest BCUT2D eigenvalue weighted by Gasteiger charge is -2.13. The van der Waals surface area contributed by atoms with Crippen LogP contribution in [0.2, 0.25) is 0 Å². The number of carbonyl (C=O) groups excluding carboxylic acids is 1. The van der Waals surface area contributed by atoms with Crippen molar-refractivity contribution in [3.8, 4) is 22.5 Å². The van der Waals surface area contributed by atoms with E-state index in [1.165, 1.54) is 24.3 Å². The second-order valence-electron chi connectivity index (χ2n) is 5.23. The van der Waals surface area contributed by atoms with Crippen LogP contribution < -0.4 is 5.69 Å². The SMILES string of the molecule is CCOC(=O)c1c(-c2ccccc2)nc(=O)[nH]c1-c1ccc(F)cc1. The van der Waals surface area contributed by atoms with Gasteiger partial charge in [-0.3, -0.25) is 0 Å².